The zero-order valence-corrected chi connectivity index (χ0v) is 11.8. The molecule has 23 heavy (non-hydrogen) atoms. The molecule has 0 bridgehead atoms. The normalized spacial score (nSPS) is 10.5. The predicted octanol–water partition coefficient (Wildman–Crippen LogP) is 2.26. The van der Waals surface area contributed by atoms with E-state index in [1.807, 2.05) is 0 Å². The van der Waals surface area contributed by atoms with Crippen molar-refractivity contribution in [3.05, 3.63) is 70.0 Å². The van der Waals surface area contributed by atoms with Gasteiger partial charge in [0, 0.05) is 12.1 Å². The number of ether oxygens (including phenoxy) is 1. The smallest absolute Gasteiger partial charge is 0.277 e. The zero-order valence-electron chi connectivity index (χ0n) is 11.8. The fraction of sp³-hybridized carbons (Fsp3) is 0.0667. The van der Waals surface area contributed by atoms with E-state index in [4.69, 9.17) is 4.74 Å². The van der Waals surface area contributed by atoms with Crippen molar-refractivity contribution in [1.29, 1.82) is 0 Å². The Bertz CT molecular complexity index is 715. The van der Waals surface area contributed by atoms with E-state index in [9.17, 15) is 19.3 Å². The lowest BCUT2D eigenvalue weighted by Crippen LogP contribution is -2.24. The highest BCUT2D eigenvalue weighted by molar-refractivity contribution is 5.82. The van der Waals surface area contributed by atoms with Crippen LogP contribution >= 0.6 is 0 Å². The number of carbonyl (C=O) groups excluding carboxylic acids is 1. The first kappa shape index (κ1) is 16.1. The van der Waals surface area contributed by atoms with Gasteiger partial charge in [-0.05, 0) is 29.8 Å². The highest BCUT2D eigenvalue weighted by atomic mass is 19.1. The minimum Gasteiger partial charge on any atom is -0.484 e. The highest BCUT2D eigenvalue weighted by Crippen LogP contribution is 2.16. The van der Waals surface area contributed by atoms with E-state index < -0.39 is 10.8 Å². The van der Waals surface area contributed by atoms with Gasteiger partial charge >= 0.3 is 0 Å². The Morgan fingerprint density at radius 3 is 2.48 bits per heavy atom. The van der Waals surface area contributed by atoms with Crippen LogP contribution in [0.5, 0.6) is 5.75 Å². The van der Waals surface area contributed by atoms with Crippen molar-refractivity contribution in [2.24, 2.45) is 5.10 Å². The molecule has 0 aliphatic rings. The van der Waals surface area contributed by atoms with E-state index in [-0.39, 0.29) is 18.1 Å². The topological polar surface area (TPSA) is 93.8 Å². The maximum absolute atomic E-state index is 12.7. The van der Waals surface area contributed by atoms with Gasteiger partial charge in [-0.15, -0.1) is 0 Å². The van der Waals surface area contributed by atoms with Gasteiger partial charge in [0.15, 0.2) is 6.61 Å². The molecule has 118 valence electrons. The van der Waals surface area contributed by atoms with Crippen LogP contribution in [-0.2, 0) is 4.79 Å². The molecule has 0 saturated carbocycles. The van der Waals surface area contributed by atoms with Crippen molar-refractivity contribution in [2.75, 3.05) is 6.61 Å². The molecule has 0 spiro atoms. The molecule has 1 amide bonds. The average Bonchev–Trinajstić information content (AvgIpc) is 2.55. The lowest BCUT2D eigenvalue weighted by Gasteiger charge is -2.04. The number of nitrogens with one attached hydrogen (secondary N) is 1. The molecule has 0 saturated heterocycles. The number of hydrazone groups is 1. The van der Waals surface area contributed by atoms with Gasteiger partial charge in [-0.25, -0.2) is 9.82 Å². The lowest BCUT2D eigenvalue weighted by molar-refractivity contribution is -0.384. The number of nitrogens with zero attached hydrogens (tertiary/aromatic N) is 2. The second-order valence-electron chi connectivity index (χ2n) is 4.38. The average molecular weight is 317 g/mol. The number of nitro benzene ring substituents is 1. The molecule has 2 aromatic carbocycles. The Morgan fingerprint density at radius 2 is 1.87 bits per heavy atom. The van der Waals surface area contributed by atoms with Crippen molar-refractivity contribution in [3.8, 4) is 5.75 Å². The molecule has 7 nitrogen and oxygen atoms in total. The molecule has 0 unspecified atom stereocenters. The summed E-state index contributed by atoms with van der Waals surface area (Å²) in [6.07, 6.45) is 1.36. The van der Waals surface area contributed by atoms with Crippen LogP contribution in [0, 0.1) is 15.9 Å². The first-order chi connectivity index (χ1) is 11.0. The van der Waals surface area contributed by atoms with Crippen LogP contribution in [0.1, 0.15) is 5.56 Å². The van der Waals surface area contributed by atoms with Crippen LogP contribution in [-0.4, -0.2) is 23.7 Å². The quantitative estimate of drug-likeness (QED) is 0.502. The van der Waals surface area contributed by atoms with Crippen LogP contribution in [0.3, 0.4) is 0 Å². The van der Waals surface area contributed by atoms with Crippen LogP contribution in [0.4, 0.5) is 10.1 Å². The van der Waals surface area contributed by atoms with Crippen molar-refractivity contribution in [2.45, 2.75) is 0 Å². The summed E-state index contributed by atoms with van der Waals surface area (Å²) < 4.78 is 17.9. The summed E-state index contributed by atoms with van der Waals surface area (Å²) >= 11 is 0. The monoisotopic (exact) mass is 317 g/mol. The number of hydrogen-bond donors (Lipinski definition) is 1. The molecule has 8 heteroatoms. The van der Waals surface area contributed by atoms with E-state index in [0.717, 1.165) is 0 Å². The summed E-state index contributed by atoms with van der Waals surface area (Å²) in [4.78, 5) is 21.5. The maximum Gasteiger partial charge on any atom is 0.277 e. The predicted molar refractivity (Wildman–Crippen MR) is 80.7 cm³/mol. The van der Waals surface area contributed by atoms with Crippen LogP contribution in [0.15, 0.2) is 53.6 Å². The van der Waals surface area contributed by atoms with Gasteiger partial charge in [0.2, 0.25) is 0 Å². The Kier molecular flexibility index (Phi) is 5.35. The number of carbonyl (C=O) groups is 1. The van der Waals surface area contributed by atoms with Gasteiger partial charge in [-0.1, -0.05) is 12.1 Å². The fourth-order valence-corrected chi connectivity index (χ4v) is 1.57. The standard InChI is InChI=1S/C15H12FN3O4/c16-12-3-1-11(2-4-12)9-17-18-15(20)10-23-14-7-5-13(6-8-14)19(21)22/h1-9H,10H2,(H,18,20). The fourth-order valence-electron chi connectivity index (χ4n) is 1.57. The number of rotatable bonds is 6. The second-order valence-corrected chi connectivity index (χ2v) is 4.38. The van der Waals surface area contributed by atoms with Gasteiger partial charge in [-0.3, -0.25) is 14.9 Å². The van der Waals surface area contributed by atoms with E-state index >= 15 is 0 Å². The van der Waals surface area contributed by atoms with Crippen LogP contribution in [0.25, 0.3) is 0 Å². The van der Waals surface area contributed by atoms with E-state index in [2.05, 4.69) is 10.5 Å². The first-order valence-electron chi connectivity index (χ1n) is 6.49. The Balaban J connectivity index is 1.78. The molecule has 0 aromatic heterocycles. The lowest BCUT2D eigenvalue weighted by atomic mass is 10.2. The van der Waals surface area contributed by atoms with Crippen molar-refractivity contribution in [3.63, 3.8) is 0 Å². The third kappa shape index (κ3) is 5.20. The Labute approximate surface area is 130 Å². The molecule has 2 rings (SSSR count). The Morgan fingerprint density at radius 1 is 1.22 bits per heavy atom. The summed E-state index contributed by atoms with van der Waals surface area (Å²) in [5, 5.41) is 14.2. The number of benzene rings is 2. The molecule has 0 atom stereocenters. The highest BCUT2D eigenvalue weighted by Gasteiger charge is 2.06. The Hall–Kier alpha value is -3.29. The van der Waals surface area contributed by atoms with Crippen molar-refractivity contribution >= 4 is 17.8 Å². The molecular weight excluding hydrogens is 305 g/mol. The van der Waals surface area contributed by atoms with Crippen molar-refractivity contribution in [1.82, 2.24) is 5.43 Å². The van der Waals surface area contributed by atoms with E-state index in [0.29, 0.717) is 11.3 Å². The largest absolute Gasteiger partial charge is 0.484 e. The van der Waals surface area contributed by atoms with Crippen LogP contribution < -0.4 is 10.2 Å². The van der Waals surface area contributed by atoms with Gasteiger partial charge in [0.1, 0.15) is 11.6 Å². The SMILES string of the molecule is O=C(COc1ccc([N+](=O)[O-])cc1)NN=Cc1ccc(F)cc1. The second kappa shape index (κ2) is 7.64. The molecule has 2 aromatic rings. The first-order valence-corrected chi connectivity index (χ1v) is 6.49. The molecule has 0 aliphatic carbocycles. The van der Waals surface area contributed by atoms with Gasteiger partial charge in [0.05, 0.1) is 11.1 Å². The number of nitro groups is 1. The minimum absolute atomic E-state index is 0.0642. The third-order valence-electron chi connectivity index (χ3n) is 2.69. The van der Waals surface area contributed by atoms with E-state index in [1.165, 1.54) is 54.7 Å². The summed E-state index contributed by atoms with van der Waals surface area (Å²) in [6, 6.07) is 10.9. The molecule has 0 fully saturated rings. The number of non-ortho nitro benzene ring substituents is 1. The third-order valence-corrected chi connectivity index (χ3v) is 2.69. The summed E-state index contributed by atoms with van der Waals surface area (Å²) in [6.45, 7) is -0.293. The summed E-state index contributed by atoms with van der Waals surface area (Å²) in [5.74, 6) is -0.530. The van der Waals surface area contributed by atoms with Crippen molar-refractivity contribution < 1.29 is 18.8 Å². The minimum atomic E-state index is -0.527. The molecule has 0 radical (unpaired) electrons. The molecule has 0 aliphatic heterocycles. The number of hydrogen-bond acceptors (Lipinski definition) is 5. The number of amides is 1. The van der Waals surface area contributed by atoms with Crippen LogP contribution in [0.2, 0.25) is 0 Å². The summed E-state index contributed by atoms with van der Waals surface area (Å²) in [7, 11) is 0. The molecular formula is C15H12FN3O4. The molecule has 1 N–H and O–H groups in total. The van der Waals surface area contributed by atoms with E-state index in [1.54, 1.807) is 0 Å². The van der Waals surface area contributed by atoms with Gasteiger partial charge in [-0.2, -0.15) is 5.10 Å². The molecule has 0 heterocycles. The summed E-state index contributed by atoms with van der Waals surface area (Å²) in [5.41, 5.74) is 2.81. The number of halogens is 1. The van der Waals surface area contributed by atoms with Gasteiger partial charge < -0.3 is 4.74 Å². The van der Waals surface area contributed by atoms with Gasteiger partial charge in [0.25, 0.3) is 11.6 Å². The zero-order chi connectivity index (χ0) is 16.7. The maximum atomic E-state index is 12.7.